The summed E-state index contributed by atoms with van der Waals surface area (Å²) in [4.78, 5) is 27.8. The van der Waals surface area contributed by atoms with Gasteiger partial charge in [0.2, 0.25) is 0 Å². The first-order valence-electron chi connectivity index (χ1n) is 5.23. The lowest BCUT2D eigenvalue weighted by Gasteiger charge is -1.97. The predicted octanol–water partition coefficient (Wildman–Crippen LogP) is 1.94. The number of aromatic amines is 1. The molecule has 0 fully saturated rings. The van der Waals surface area contributed by atoms with Crippen molar-refractivity contribution in [2.75, 3.05) is 0 Å². The zero-order valence-electron chi connectivity index (χ0n) is 9.20. The molecule has 0 spiro atoms. The summed E-state index contributed by atoms with van der Waals surface area (Å²) in [6, 6.07) is 1.65. The number of nitrogens with zero attached hydrogens (tertiary/aromatic N) is 3. The highest BCUT2D eigenvalue weighted by Crippen LogP contribution is 2.10. The third-order valence-corrected chi connectivity index (χ3v) is 3.12. The van der Waals surface area contributed by atoms with Gasteiger partial charge < -0.3 is 4.98 Å². The van der Waals surface area contributed by atoms with Crippen LogP contribution in [0.5, 0.6) is 0 Å². The van der Waals surface area contributed by atoms with E-state index in [1.165, 1.54) is 11.3 Å². The van der Waals surface area contributed by atoms with E-state index in [2.05, 4.69) is 19.9 Å². The molecule has 0 aliphatic heterocycles. The molecule has 3 aromatic heterocycles. The van der Waals surface area contributed by atoms with Crippen LogP contribution < -0.4 is 5.56 Å². The second-order valence-corrected chi connectivity index (χ2v) is 4.50. The number of hydrogen-bond acceptors (Lipinski definition) is 5. The molecule has 0 radical (unpaired) electrons. The fourth-order valence-corrected chi connectivity index (χ4v) is 2.07. The van der Waals surface area contributed by atoms with Gasteiger partial charge >= 0.3 is 0 Å². The molecule has 0 atom stereocenters. The van der Waals surface area contributed by atoms with Crippen molar-refractivity contribution in [3.63, 3.8) is 0 Å². The first-order valence-corrected chi connectivity index (χ1v) is 6.11. The Morgan fingerprint density at radius 1 is 1.22 bits per heavy atom. The second kappa shape index (κ2) is 4.50. The summed E-state index contributed by atoms with van der Waals surface area (Å²) in [6.45, 7) is 0. The Bertz CT molecular complexity index is 761. The van der Waals surface area contributed by atoms with Gasteiger partial charge in [0.05, 0.1) is 22.6 Å². The van der Waals surface area contributed by atoms with Crippen LogP contribution in [0, 0.1) is 0 Å². The molecule has 18 heavy (non-hydrogen) atoms. The third kappa shape index (κ3) is 2.05. The van der Waals surface area contributed by atoms with Crippen molar-refractivity contribution in [3.05, 3.63) is 51.2 Å². The molecule has 0 amide bonds. The Labute approximate surface area is 106 Å². The Hall–Kier alpha value is -2.34. The number of fused-ring (bicyclic) bond motifs is 1. The Morgan fingerprint density at radius 2 is 2.17 bits per heavy atom. The van der Waals surface area contributed by atoms with E-state index in [0.29, 0.717) is 16.7 Å². The second-order valence-electron chi connectivity index (χ2n) is 3.58. The van der Waals surface area contributed by atoms with Crippen LogP contribution in [0.25, 0.3) is 23.1 Å². The maximum atomic E-state index is 11.8. The van der Waals surface area contributed by atoms with Crippen LogP contribution in [0.2, 0.25) is 0 Å². The summed E-state index contributed by atoms with van der Waals surface area (Å²) in [5.41, 5.74) is 2.18. The normalized spacial score (nSPS) is 11.3. The average Bonchev–Trinajstić information content (AvgIpc) is 2.90. The first-order chi connectivity index (χ1) is 8.83. The van der Waals surface area contributed by atoms with Crippen LogP contribution in [-0.4, -0.2) is 19.9 Å². The smallest absolute Gasteiger partial charge is 0.259 e. The highest BCUT2D eigenvalue weighted by molar-refractivity contribution is 7.10. The third-order valence-electron chi connectivity index (χ3n) is 2.38. The number of H-pyrrole nitrogens is 1. The summed E-state index contributed by atoms with van der Waals surface area (Å²) >= 11 is 1.52. The minimum atomic E-state index is -0.161. The first kappa shape index (κ1) is 10.8. The summed E-state index contributed by atoms with van der Waals surface area (Å²) in [5, 5.41) is 0.542. The van der Waals surface area contributed by atoms with Crippen molar-refractivity contribution >= 4 is 34.4 Å². The molecule has 6 heteroatoms. The fraction of sp³-hybridized carbons (Fsp3) is 0. The van der Waals surface area contributed by atoms with Gasteiger partial charge in [0.1, 0.15) is 5.82 Å². The molecule has 0 aliphatic rings. The van der Waals surface area contributed by atoms with Crippen molar-refractivity contribution in [2.45, 2.75) is 0 Å². The number of pyridine rings is 1. The summed E-state index contributed by atoms with van der Waals surface area (Å²) in [6.07, 6.45) is 8.52. The molecule has 3 heterocycles. The molecule has 88 valence electrons. The number of nitrogens with one attached hydrogen (secondary N) is 1. The zero-order chi connectivity index (χ0) is 12.4. The van der Waals surface area contributed by atoms with Gasteiger partial charge in [-0.1, -0.05) is 0 Å². The topological polar surface area (TPSA) is 71.5 Å². The Kier molecular flexibility index (Phi) is 2.70. The quantitative estimate of drug-likeness (QED) is 0.760. The molecule has 3 rings (SSSR count). The minimum absolute atomic E-state index is 0.161. The van der Waals surface area contributed by atoms with Crippen LogP contribution in [-0.2, 0) is 0 Å². The van der Waals surface area contributed by atoms with E-state index in [1.807, 2.05) is 6.08 Å². The van der Waals surface area contributed by atoms with E-state index in [0.717, 1.165) is 4.88 Å². The van der Waals surface area contributed by atoms with Crippen LogP contribution in [0.15, 0.2) is 35.0 Å². The lowest BCUT2D eigenvalue weighted by atomic mass is 10.3. The van der Waals surface area contributed by atoms with Gasteiger partial charge in [-0.3, -0.25) is 14.8 Å². The van der Waals surface area contributed by atoms with Gasteiger partial charge in [0, 0.05) is 17.3 Å². The van der Waals surface area contributed by atoms with Crippen LogP contribution in [0.4, 0.5) is 0 Å². The molecule has 0 saturated heterocycles. The fourth-order valence-electron chi connectivity index (χ4n) is 1.56. The predicted molar refractivity (Wildman–Crippen MR) is 71.2 cm³/mol. The molecular weight excluding hydrogens is 248 g/mol. The molecule has 0 unspecified atom stereocenters. The summed E-state index contributed by atoms with van der Waals surface area (Å²) < 4.78 is 0. The van der Waals surface area contributed by atoms with Crippen molar-refractivity contribution in [3.8, 4) is 0 Å². The number of rotatable bonds is 2. The summed E-state index contributed by atoms with van der Waals surface area (Å²) in [5.74, 6) is 0.508. The van der Waals surface area contributed by atoms with Crippen LogP contribution in [0.3, 0.4) is 0 Å². The van der Waals surface area contributed by atoms with E-state index in [-0.39, 0.29) is 5.56 Å². The van der Waals surface area contributed by atoms with Gasteiger partial charge in [0.15, 0.2) is 0 Å². The van der Waals surface area contributed by atoms with Crippen molar-refractivity contribution in [2.24, 2.45) is 0 Å². The van der Waals surface area contributed by atoms with Gasteiger partial charge in [-0.15, -0.1) is 11.3 Å². The molecule has 0 bridgehead atoms. The standard InChI is InChI=1S/C12H8N4OS/c17-12-9-3-4-13-6-10(9)15-11(16-12)2-1-8-5-14-7-18-8/h1-7H,(H,15,16,17)/b2-1+. The largest absolute Gasteiger partial charge is 0.306 e. The van der Waals surface area contributed by atoms with Crippen LogP contribution in [0.1, 0.15) is 10.7 Å². The Morgan fingerprint density at radius 3 is 3.00 bits per heavy atom. The number of aromatic nitrogens is 4. The van der Waals surface area contributed by atoms with Crippen molar-refractivity contribution < 1.29 is 0 Å². The molecule has 3 aromatic rings. The summed E-state index contributed by atoms with van der Waals surface area (Å²) in [7, 11) is 0. The number of thiazole rings is 1. The van der Waals surface area contributed by atoms with E-state index in [4.69, 9.17) is 0 Å². The molecule has 0 saturated carbocycles. The highest BCUT2D eigenvalue weighted by atomic mass is 32.1. The molecular formula is C12H8N4OS. The number of hydrogen-bond donors (Lipinski definition) is 1. The molecule has 0 aliphatic carbocycles. The van der Waals surface area contributed by atoms with E-state index < -0.39 is 0 Å². The van der Waals surface area contributed by atoms with Gasteiger partial charge in [0.25, 0.3) is 5.56 Å². The maximum Gasteiger partial charge on any atom is 0.259 e. The SMILES string of the molecule is O=c1[nH]c(/C=C/c2cncs2)nc2cnccc12. The average molecular weight is 256 g/mol. The molecule has 1 N–H and O–H groups in total. The Balaban J connectivity index is 2.06. The van der Waals surface area contributed by atoms with E-state index in [1.54, 1.807) is 36.2 Å². The van der Waals surface area contributed by atoms with E-state index >= 15 is 0 Å². The lowest BCUT2D eigenvalue weighted by Crippen LogP contribution is -2.09. The zero-order valence-corrected chi connectivity index (χ0v) is 10.0. The van der Waals surface area contributed by atoms with E-state index in [9.17, 15) is 4.79 Å². The molecule has 5 nitrogen and oxygen atoms in total. The van der Waals surface area contributed by atoms with Gasteiger partial charge in [-0.2, -0.15) is 0 Å². The van der Waals surface area contributed by atoms with Gasteiger partial charge in [-0.25, -0.2) is 4.98 Å². The van der Waals surface area contributed by atoms with Crippen LogP contribution >= 0.6 is 11.3 Å². The lowest BCUT2D eigenvalue weighted by molar-refractivity contribution is 1.13. The van der Waals surface area contributed by atoms with Crippen molar-refractivity contribution in [1.29, 1.82) is 0 Å². The highest BCUT2D eigenvalue weighted by Gasteiger charge is 2.01. The van der Waals surface area contributed by atoms with Gasteiger partial charge in [-0.05, 0) is 18.2 Å². The molecule has 0 aromatic carbocycles. The maximum absolute atomic E-state index is 11.8. The minimum Gasteiger partial charge on any atom is -0.306 e. The van der Waals surface area contributed by atoms with Crippen molar-refractivity contribution in [1.82, 2.24) is 19.9 Å². The monoisotopic (exact) mass is 256 g/mol.